The molecular weight excluding hydrogens is 322 g/mol. The van der Waals surface area contributed by atoms with Gasteiger partial charge in [-0.15, -0.1) is 0 Å². The Morgan fingerprint density at radius 3 is 2.60 bits per heavy atom. The summed E-state index contributed by atoms with van der Waals surface area (Å²) in [4.78, 5) is 25.5. The van der Waals surface area contributed by atoms with Crippen molar-refractivity contribution in [2.45, 2.75) is 59.6 Å². The first-order valence-corrected chi connectivity index (χ1v) is 8.79. The Morgan fingerprint density at radius 2 is 2.04 bits per heavy atom. The van der Waals surface area contributed by atoms with Crippen LogP contribution in [0.1, 0.15) is 47.5 Å². The van der Waals surface area contributed by atoms with Crippen molar-refractivity contribution in [1.29, 1.82) is 0 Å². The third-order valence-corrected chi connectivity index (χ3v) is 4.17. The number of carbonyl (C=O) groups excluding carboxylic acids is 2. The second-order valence-electron chi connectivity index (χ2n) is 6.97. The molecule has 1 aliphatic rings. The van der Waals surface area contributed by atoms with Gasteiger partial charge in [-0.25, -0.2) is 9.69 Å². The minimum absolute atomic E-state index is 0.0759. The lowest BCUT2D eigenvalue weighted by molar-refractivity contribution is -0.143. The summed E-state index contributed by atoms with van der Waals surface area (Å²) < 4.78 is 10.5. The molecule has 0 spiro atoms. The quantitative estimate of drug-likeness (QED) is 0.645. The number of imide groups is 1. The van der Waals surface area contributed by atoms with E-state index in [1.54, 1.807) is 0 Å². The Bertz CT molecular complexity index is 520. The highest BCUT2D eigenvalue weighted by Crippen LogP contribution is 2.21. The summed E-state index contributed by atoms with van der Waals surface area (Å²) in [5, 5.41) is 9.48. The lowest BCUT2D eigenvalue weighted by Gasteiger charge is -2.25. The zero-order valence-corrected chi connectivity index (χ0v) is 15.9. The van der Waals surface area contributed by atoms with Crippen LogP contribution in [0.25, 0.3) is 0 Å². The Kier molecular flexibility index (Phi) is 8.86. The van der Waals surface area contributed by atoms with E-state index in [4.69, 9.17) is 9.47 Å². The van der Waals surface area contributed by atoms with Crippen molar-refractivity contribution >= 4 is 12.0 Å². The maximum atomic E-state index is 12.5. The monoisotopic (exact) mass is 353 g/mol. The molecule has 0 bridgehead atoms. The fourth-order valence-electron chi connectivity index (χ4n) is 2.53. The van der Waals surface area contributed by atoms with Gasteiger partial charge in [0.1, 0.15) is 6.61 Å². The number of rotatable bonds is 9. The minimum Gasteiger partial charge on any atom is -0.447 e. The van der Waals surface area contributed by atoms with Gasteiger partial charge in [0.25, 0.3) is 5.91 Å². The fraction of sp³-hybridized carbons (Fsp3) is 0.684. The van der Waals surface area contributed by atoms with Gasteiger partial charge in [-0.3, -0.25) is 4.79 Å². The van der Waals surface area contributed by atoms with E-state index in [9.17, 15) is 14.7 Å². The van der Waals surface area contributed by atoms with Crippen molar-refractivity contribution in [2.75, 3.05) is 19.8 Å². The molecule has 1 aliphatic heterocycles. The lowest BCUT2D eigenvalue weighted by atomic mass is 10.0. The molecule has 2 amide bonds. The Balaban J connectivity index is 2.59. The second kappa shape index (κ2) is 10.4. The highest BCUT2D eigenvalue weighted by atomic mass is 16.6. The summed E-state index contributed by atoms with van der Waals surface area (Å²) in [6.07, 6.45) is 4.22. The summed E-state index contributed by atoms with van der Waals surface area (Å²) in [7, 11) is 0. The van der Waals surface area contributed by atoms with Crippen molar-refractivity contribution in [2.24, 2.45) is 5.92 Å². The van der Waals surface area contributed by atoms with Crippen LogP contribution in [0, 0.1) is 5.92 Å². The van der Waals surface area contributed by atoms with Crippen LogP contribution < -0.4 is 0 Å². The number of allylic oxidation sites excluding steroid dienone is 3. The maximum Gasteiger partial charge on any atom is 0.417 e. The molecule has 1 N–H and O–H groups in total. The molecule has 0 aliphatic carbocycles. The lowest BCUT2D eigenvalue weighted by Crippen LogP contribution is -2.48. The van der Waals surface area contributed by atoms with Gasteiger partial charge in [0.2, 0.25) is 0 Å². The first-order valence-electron chi connectivity index (χ1n) is 8.79. The molecule has 1 heterocycles. The molecule has 2 atom stereocenters. The molecular formula is C19H31NO5. The normalized spacial score (nSPS) is 19.2. The molecule has 6 nitrogen and oxygen atoms in total. The number of hydrogen-bond acceptors (Lipinski definition) is 5. The SMILES string of the molecule is CC(C)=CCC/C(C)=C/CO[C@H](CO)C(=O)N1C(=O)OC[C@@H]1C(C)C. The van der Waals surface area contributed by atoms with Crippen molar-refractivity contribution in [1.82, 2.24) is 4.90 Å². The number of nitrogens with zero attached hydrogens (tertiary/aromatic N) is 1. The van der Waals surface area contributed by atoms with Crippen molar-refractivity contribution in [3.63, 3.8) is 0 Å². The smallest absolute Gasteiger partial charge is 0.417 e. The summed E-state index contributed by atoms with van der Waals surface area (Å²) >= 11 is 0. The van der Waals surface area contributed by atoms with Gasteiger partial charge < -0.3 is 14.6 Å². The highest BCUT2D eigenvalue weighted by molar-refractivity contribution is 5.96. The van der Waals surface area contributed by atoms with Crippen LogP contribution in [0.4, 0.5) is 4.79 Å². The van der Waals surface area contributed by atoms with Crippen molar-refractivity contribution < 1.29 is 24.2 Å². The first kappa shape index (κ1) is 21.4. The van der Waals surface area contributed by atoms with Gasteiger partial charge in [-0.2, -0.15) is 0 Å². The minimum atomic E-state index is -1.06. The first-order chi connectivity index (χ1) is 11.8. The van der Waals surface area contributed by atoms with E-state index in [-0.39, 0.29) is 25.2 Å². The van der Waals surface area contributed by atoms with E-state index in [0.29, 0.717) is 0 Å². The topological polar surface area (TPSA) is 76.1 Å². The number of hydrogen-bond donors (Lipinski definition) is 1. The van der Waals surface area contributed by atoms with Crippen molar-refractivity contribution in [3.8, 4) is 0 Å². The van der Waals surface area contributed by atoms with Crippen LogP contribution in [-0.2, 0) is 14.3 Å². The Morgan fingerprint density at radius 1 is 1.36 bits per heavy atom. The average Bonchev–Trinajstić information content (AvgIpc) is 2.92. The Labute approximate surface area is 150 Å². The van der Waals surface area contributed by atoms with Crippen molar-refractivity contribution in [3.05, 3.63) is 23.3 Å². The number of ether oxygens (including phenoxy) is 2. The third kappa shape index (κ3) is 6.63. The average molecular weight is 353 g/mol. The molecule has 0 saturated carbocycles. The molecule has 25 heavy (non-hydrogen) atoms. The van der Waals surface area contributed by atoms with Crippen LogP contribution in [-0.4, -0.2) is 54.0 Å². The van der Waals surface area contributed by atoms with E-state index < -0.39 is 24.7 Å². The zero-order chi connectivity index (χ0) is 19.0. The van der Waals surface area contributed by atoms with E-state index in [1.165, 1.54) is 5.57 Å². The molecule has 1 saturated heterocycles. The second-order valence-corrected chi connectivity index (χ2v) is 6.97. The van der Waals surface area contributed by atoms with Gasteiger partial charge >= 0.3 is 6.09 Å². The standard InChI is InChI=1S/C19H31NO5/c1-13(2)7-6-8-15(5)9-10-24-17(11-21)18(22)20-16(14(3)4)12-25-19(20)23/h7,9,14,16-17,21H,6,8,10-12H2,1-5H3/b15-9+/t16-,17-/m1/s1. The summed E-state index contributed by atoms with van der Waals surface area (Å²) in [5.41, 5.74) is 2.44. The highest BCUT2D eigenvalue weighted by Gasteiger charge is 2.42. The number of amides is 2. The van der Waals surface area contributed by atoms with E-state index in [0.717, 1.165) is 23.3 Å². The molecule has 142 valence electrons. The maximum absolute atomic E-state index is 12.5. The van der Waals surface area contributed by atoms with Gasteiger partial charge in [-0.05, 0) is 39.5 Å². The molecule has 6 heteroatoms. The summed E-state index contributed by atoms with van der Waals surface area (Å²) in [6, 6.07) is -0.320. The van der Waals surface area contributed by atoms with Crippen LogP contribution in [0.3, 0.4) is 0 Å². The van der Waals surface area contributed by atoms with Gasteiger partial charge in [0, 0.05) is 0 Å². The number of carbonyl (C=O) groups is 2. The third-order valence-electron chi connectivity index (χ3n) is 4.17. The number of aliphatic hydroxyl groups excluding tert-OH is 1. The predicted octanol–water partition coefficient (Wildman–Crippen LogP) is 3.06. The molecule has 0 unspecified atom stereocenters. The van der Waals surface area contributed by atoms with E-state index in [2.05, 4.69) is 19.9 Å². The Hall–Kier alpha value is -1.66. The van der Waals surface area contributed by atoms with E-state index in [1.807, 2.05) is 26.8 Å². The van der Waals surface area contributed by atoms with Crippen LogP contribution in [0.15, 0.2) is 23.3 Å². The largest absolute Gasteiger partial charge is 0.447 e. The number of aliphatic hydroxyl groups is 1. The molecule has 1 rings (SSSR count). The van der Waals surface area contributed by atoms with Gasteiger partial charge in [0.15, 0.2) is 6.10 Å². The van der Waals surface area contributed by atoms with Crippen LogP contribution in [0.2, 0.25) is 0 Å². The van der Waals surface area contributed by atoms with Gasteiger partial charge in [-0.1, -0.05) is 37.1 Å². The molecule has 0 aromatic heterocycles. The zero-order valence-electron chi connectivity index (χ0n) is 15.9. The van der Waals surface area contributed by atoms with E-state index >= 15 is 0 Å². The molecule has 1 fully saturated rings. The van der Waals surface area contributed by atoms with Crippen LogP contribution >= 0.6 is 0 Å². The summed E-state index contributed by atoms with van der Waals surface area (Å²) in [6.45, 7) is 9.89. The fourth-order valence-corrected chi connectivity index (χ4v) is 2.53. The molecule has 0 aromatic rings. The molecule has 0 aromatic carbocycles. The summed E-state index contributed by atoms with van der Waals surface area (Å²) in [5.74, 6) is -0.466. The van der Waals surface area contributed by atoms with Gasteiger partial charge in [0.05, 0.1) is 19.3 Å². The van der Waals surface area contributed by atoms with Crippen LogP contribution in [0.5, 0.6) is 0 Å². The molecule has 0 radical (unpaired) electrons. The number of cyclic esters (lactones) is 1. The predicted molar refractivity (Wildman–Crippen MR) is 96.1 cm³/mol.